The van der Waals surface area contributed by atoms with Gasteiger partial charge in [-0.05, 0) is 49.9 Å². The molecule has 0 amide bonds. The fraction of sp³-hybridized carbons (Fsp3) is 0.286. The second-order valence-electron chi connectivity index (χ2n) is 6.37. The first kappa shape index (κ1) is 19.2. The van der Waals surface area contributed by atoms with Crippen LogP contribution in [0.25, 0.3) is 11.1 Å². The van der Waals surface area contributed by atoms with E-state index in [1.807, 2.05) is 49.0 Å². The molecule has 0 fully saturated rings. The van der Waals surface area contributed by atoms with Gasteiger partial charge in [-0.3, -0.25) is 4.90 Å². The molecule has 1 atom stereocenters. The molecule has 1 N–H and O–H groups in total. The molecular weight excluding hydrogens is 360 g/mol. The molecule has 6 heteroatoms. The van der Waals surface area contributed by atoms with Gasteiger partial charge >= 0.3 is 0 Å². The third-order valence-corrected chi connectivity index (χ3v) is 5.63. The van der Waals surface area contributed by atoms with Crippen molar-refractivity contribution in [3.05, 3.63) is 58.5 Å². The second kappa shape index (κ2) is 8.41. The molecule has 27 heavy (non-hydrogen) atoms. The largest absolute Gasteiger partial charge is 0.508 e. The maximum atomic E-state index is 10.4. The topological polar surface area (TPSA) is 54.8 Å². The van der Waals surface area contributed by atoms with Gasteiger partial charge in [0.25, 0.3) is 0 Å². The van der Waals surface area contributed by atoms with Gasteiger partial charge in [0.15, 0.2) is 0 Å². The van der Waals surface area contributed by atoms with Crippen LogP contribution in [-0.2, 0) is 6.54 Å². The third-order valence-electron chi connectivity index (χ3n) is 4.69. The van der Waals surface area contributed by atoms with Crippen LogP contribution < -0.4 is 9.47 Å². The third kappa shape index (κ3) is 4.23. The van der Waals surface area contributed by atoms with Crippen LogP contribution in [-0.4, -0.2) is 36.3 Å². The highest BCUT2D eigenvalue weighted by Crippen LogP contribution is 2.36. The number of ether oxygens (including phenoxy) is 2. The molecule has 1 aromatic heterocycles. The zero-order chi connectivity index (χ0) is 19.4. The van der Waals surface area contributed by atoms with E-state index in [-0.39, 0.29) is 11.8 Å². The van der Waals surface area contributed by atoms with Gasteiger partial charge in [0.2, 0.25) is 0 Å². The normalized spacial score (nSPS) is 12.2. The van der Waals surface area contributed by atoms with Gasteiger partial charge in [-0.15, -0.1) is 11.3 Å². The van der Waals surface area contributed by atoms with Crippen molar-refractivity contribution in [2.45, 2.75) is 19.5 Å². The predicted octanol–water partition coefficient (Wildman–Crippen LogP) is 4.73. The summed E-state index contributed by atoms with van der Waals surface area (Å²) in [5.74, 6) is 1.80. The van der Waals surface area contributed by atoms with E-state index in [1.165, 1.54) is 0 Å². The average Bonchev–Trinajstić information content (AvgIpc) is 3.23. The highest BCUT2D eigenvalue weighted by Gasteiger charge is 2.17. The molecule has 0 saturated carbocycles. The van der Waals surface area contributed by atoms with Gasteiger partial charge in [0, 0.05) is 29.2 Å². The van der Waals surface area contributed by atoms with Crippen LogP contribution in [0.1, 0.15) is 23.5 Å². The highest BCUT2D eigenvalue weighted by molar-refractivity contribution is 7.09. The Labute approximate surface area is 163 Å². The number of thiazole rings is 1. The summed E-state index contributed by atoms with van der Waals surface area (Å²) < 4.78 is 10.9. The smallest absolute Gasteiger partial charge is 0.126 e. The summed E-state index contributed by atoms with van der Waals surface area (Å²) in [4.78, 5) is 6.56. The van der Waals surface area contributed by atoms with Crippen LogP contribution in [0.3, 0.4) is 0 Å². The molecular formula is C21H24N2O3S. The summed E-state index contributed by atoms with van der Waals surface area (Å²) >= 11 is 1.64. The molecule has 0 aliphatic carbocycles. The van der Waals surface area contributed by atoms with Crippen LogP contribution in [0, 0.1) is 0 Å². The fourth-order valence-corrected chi connectivity index (χ4v) is 3.71. The first-order chi connectivity index (χ1) is 13.0. The molecule has 0 saturated heterocycles. The van der Waals surface area contributed by atoms with Crippen molar-refractivity contribution < 1.29 is 14.6 Å². The Kier molecular flexibility index (Phi) is 5.98. The van der Waals surface area contributed by atoms with E-state index in [4.69, 9.17) is 9.47 Å². The molecule has 0 bridgehead atoms. The van der Waals surface area contributed by atoms with E-state index in [2.05, 4.69) is 16.8 Å². The monoisotopic (exact) mass is 384 g/mol. The number of hydrogen-bond donors (Lipinski definition) is 1. The molecule has 1 unspecified atom stereocenters. The van der Waals surface area contributed by atoms with Crippen LogP contribution in [0.15, 0.2) is 48.0 Å². The molecule has 5 nitrogen and oxygen atoms in total. The fourth-order valence-electron chi connectivity index (χ4n) is 2.95. The highest BCUT2D eigenvalue weighted by atomic mass is 32.1. The molecule has 1 heterocycles. The summed E-state index contributed by atoms with van der Waals surface area (Å²) in [6.07, 6.45) is 1.82. The van der Waals surface area contributed by atoms with E-state index in [1.54, 1.807) is 31.6 Å². The van der Waals surface area contributed by atoms with Gasteiger partial charge in [-0.2, -0.15) is 0 Å². The van der Waals surface area contributed by atoms with Crippen molar-refractivity contribution in [2.75, 3.05) is 21.3 Å². The van der Waals surface area contributed by atoms with E-state index in [9.17, 15) is 5.11 Å². The number of methoxy groups -OCH3 is 2. The number of aromatic hydroxyl groups is 1. The van der Waals surface area contributed by atoms with Crippen molar-refractivity contribution in [3.8, 4) is 28.4 Å². The lowest BCUT2D eigenvalue weighted by Crippen LogP contribution is -2.21. The quantitative estimate of drug-likeness (QED) is 0.638. The molecule has 0 spiro atoms. The Morgan fingerprint density at radius 1 is 1.15 bits per heavy atom. The average molecular weight is 385 g/mol. The predicted molar refractivity (Wildman–Crippen MR) is 109 cm³/mol. The van der Waals surface area contributed by atoms with Crippen LogP contribution in [0.2, 0.25) is 0 Å². The van der Waals surface area contributed by atoms with Crippen molar-refractivity contribution in [1.29, 1.82) is 0 Å². The summed E-state index contributed by atoms with van der Waals surface area (Å²) in [6, 6.07) is 11.5. The number of nitrogens with zero attached hydrogens (tertiary/aromatic N) is 2. The first-order valence-corrected chi connectivity index (χ1v) is 9.55. The number of aromatic nitrogens is 1. The first-order valence-electron chi connectivity index (χ1n) is 8.67. The molecule has 3 rings (SSSR count). The summed E-state index contributed by atoms with van der Waals surface area (Å²) in [5, 5.41) is 13.4. The van der Waals surface area contributed by atoms with E-state index in [0.29, 0.717) is 6.54 Å². The zero-order valence-corrected chi connectivity index (χ0v) is 16.8. The van der Waals surface area contributed by atoms with Crippen molar-refractivity contribution in [3.63, 3.8) is 0 Å². The van der Waals surface area contributed by atoms with Gasteiger partial charge in [-0.25, -0.2) is 4.98 Å². The standard InChI is InChI=1S/C21H24N2O3S/c1-14(21-22-9-10-27-21)23(2)13-16-11-15(5-7-19(16)24)18-12-17(25-3)6-8-20(18)26-4/h5-12,14,24H,13H2,1-4H3. The minimum Gasteiger partial charge on any atom is -0.508 e. The Bertz CT molecular complexity index is 896. The zero-order valence-electron chi connectivity index (χ0n) is 16.0. The molecule has 2 aromatic carbocycles. The molecule has 0 radical (unpaired) electrons. The Morgan fingerprint density at radius 3 is 2.63 bits per heavy atom. The lowest BCUT2D eigenvalue weighted by atomic mass is 10.0. The van der Waals surface area contributed by atoms with Crippen molar-refractivity contribution in [2.24, 2.45) is 0 Å². The molecule has 3 aromatic rings. The number of phenols is 1. The lowest BCUT2D eigenvalue weighted by molar-refractivity contribution is 0.249. The maximum absolute atomic E-state index is 10.4. The number of hydrogen-bond acceptors (Lipinski definition) is 6. The number of phenolic OH excluding ortho intramolecular Hbond substituents is 1. The van der Waals surface area contributed by atoms with E-state index >= 15 is 0 Å². The number of benzene rings is 2. The molecule has 0 aliphatic heterocycles. The summed E-state index contributed by atoms with van der Waals surface area (Å²) in [7, 11) is 5.32. The van der Waals surface area contributed by atoms with Gasteiger partial charge < -0.3 is 14.6 Å². The van der Waals surface area contributed by atoms with E-state index < -0.39 is 0 Å². The van der Waals surface area contributed by atoms with E-state index in [0.717, 1.165) is 33.2 Å². The second-order valence-corrected chi connectivity index (χ2v) is 7.30. The van der Waals surface area contributed by atoms with Gasteiger partial charge in [0.05, 0.1) is 20.3 Å². The lowest BCUT2D eigenvalue weighted by Gasteiger charge is -2.23. The van der Waals surface area contributed by atoms with Crippen LogP contribution in [0.5, 0.6) is 17.2 Å². The Balaban J connectivity index is 1.91. The number of rotatable bonds is 7. The minimum absolute atomic E-state index is 0.166. The van der Waals surface area contributed by atoms with Crippen LogP contribution in [0.4, 0.5) is 0 Å². The van der Waals surface area contributed by atoms with Crippen LogP contribution >= 0.6 is 11.3 Å². The van der Waals surface area contributed by atoms with Crippen molar-refractivity contribution >= 4 is 11.3 Å². The molecule has 0 aliphatic rings. The van der Waals surface area contributed by atoms with Gasteiger partial charge in [-0.1, -0.05) is 6.07 Å². The Hall–Kier alpha value is -2.57. The van der Waals surface area contributed by atoms with Gasteiger partial charge in [0.1, 0.15) is 22.3 Å². The minimum atomic E-state index is 0.166. The summed E-state index contributed by atoms with van der Waals surface area (Å²) in [6.45, 7) is 2.72. The Morgan fingerprint density at radius 2 is 1.96 bits per heavy atom. The van der Waals surface area contributed by atoms with Crippen molar-refractivity contribution in [1.82, 2.24) is 9.88 Å². The maximum Gasteiger partial charge on any atom is 0.126 e. The molecule has 142 valence electrons. The SMILES string of the molecule is COc1ccc(OC)c(-c2ccc(O)c(CN(C)C(C)c3nccs3)c2)c1. The summed E-state index contributed by atoms with van der Waals surface area (Å²) in [5.41, 5.74) is 2.74.